The Labute approximate surface area is 139 Å². The predicted molar refractivity (Wildman–Crippen MR) is 80.4 cm³/mol. The van der Waals surface area contributed by atoms with Gasteiger partial charge in [-0.15, -0.1) is 0 Å². The Balaban J connectivity index is 1.86. The van der Waals surface area contributed by atoms with Crippen molar-refractivity contribution >= 4 is 17.5 Å². The summed E-state index contributed by atoms with van der Waals surface area (Å²) in [6, 6.07) is 7.41. The molecule has 0 heterocycles. The maximum atomic E-state index is 13.0. The number of rotatable bonds is 6. The van der Waals surface area contributed by atoms with Crippen molar-refractivity contribution in [2.75, 3.05) is 11.9 Å². The maximum absolute atomic E-state index is 13.0. The first-order valence-electron chi connectivity index (χ1n) is 6.92. The first kappa shape index (κ1) is 18.2. The monoisotopic (exact) mass is 356 g/mol. The molecule has 9 heteroatoms. The van der Waals surface area contributed by atoms with Gasteiger partial charge in [-0.25, -0.2) is 8.78 Å². The van der Waals surface area contributed by atoms with E-state index in [4.69, 9.17) is 0 Å². The Kier molecular flexibility index (Phi) is 5.93. The van der Waals surface area contributed by atoms with Gasteiger partial charge in [0, 0.05) is 17.3 Å². The molecule has 0 aliphatic rings. The third-order valence-corrected chi connectivity index (χ3v) is 2.90. The zero-order valence-electron chi connectivity index (χ0n) is 12.6. The zero-order valence-corrected chi connectivity index (χ0v) is 12.6. The summed E-state index contributed by atoms with van der Waals surface area (Å²) in [6.07, 6.45) is 0. The van der Waals surface area contributed by atoms with Crippen LogP contribution in [0.3, 0.4) is 0 Å². The van der Waals surface area contributed by atoms with E-state index in [0.717, 1.165) is 12.1 Å². The van der Waals surface area contributed by atoms with Gasteiger partial charge in [-0.1, -0.05) is 0 Å². The van der Waals surface area contributed by atoms with Crippen molar-refractivity contribution in [2.45, 2.75) is 6.61 Å². The molecule has 0 fully saturated rings. The first-order chi connectivity index (χ1) is 11.8. The summed E-state index contributed by atoms with van der Waals surface area (Å²) < 4.78 is 54.3. The molecule has 0 saturated carbocycles. The molecule has 0 aliphatic heterocycles. The number of hydrogen-bond acceptors (Lipinski definition) is 3. The second-order valence-electron chi connectivity index (χ2n) is 4.79. The fraction of sp³-hybridized carbons (Fsp3) is 0.125. The highest BCUT2D eigenvalue weighted by atomic mass is 19.3. The quantitative estimate of drug-likeness (QED) is 0.782. The average molecular weight is 356 g/mol. The van der Waals surface area contributed by atoms with E-state index in [9.17, 15) is 27.2 Å². The van der Waals surface area contributed by atoms with Gasteiger partial charge in [0.05, 0.1) is 6.54 Å². The van der Waals surface area contributed by atoms with E-state index in [-0.39, 0.29) is 17.0 Å². The number of amides is 2. The van der Waals surface area contributed by atoms with E-state index in [1.165, 1.54) is 24.3 Å². The Morgan fingerprint density at radius 1 is 1.00 bits per heavy atom. The lowest BCUT2D eigenvalue weighted by Gasteiger charge is -2.08. The summed E-state index contributed by atoms with van der Waals surface area (Å²) >= 11 is 0. The molecular weight excluding hydrogens is 344 g/mol. The third kappa shape index (κ3) is 5.79. The minimum Gasteiger partial charge on any atom is -0.435 e. The third-order valence-electron chi connectivity index (χ3n) is 2.90. The van der Waals surface area contributed by atoms with Gasteiger partial charge in [0.15, 0.2) is 0 Å². The summed E-state index contributed by atoms with van der Waals surface area (Å²) in [4.78, 5) is 23.5. The molecule has 0 aromatic heterocycles. The Bertz CT molecular complexity index is 746. The van der Waals surface area contributed by atoms with Crippen LogP contribution in [-0.2, 0) is 4.79 Å². The van der Waals surface area contributed by atoms with Crippen LogP contribution in [0.25, 0.3) is 0 Å². The Morgan fingerprint density at radius 3 is 2.16 bits per heavy atom. The van der Waals surface area contributed by atoms with Crippen LogP contribution in [0.15, 0.2) is 42.5 Å². The van der Waals surface area contributed by atoms with Crippen LogP contribution < -0.4 is 15.4 Å². The van der Waals surface area contributed by atoms with Crippen LogP contribution in [-0.4, -0.2) is 25.0 Å². The lowest BCUT2D eigenvalue weighted by molar-refractivity contribution is -0.115. The van der Waals surface area contributed by atoms with Crippen molar-refractivity contribution < 1.29 is 31.9 Å². The number of hydrogen-bond donors (Lipinski definition) is 2. The molecule has 0 bridgehead atoms. The van der Waals surface area contributed by atoms with Gasteiger partial charge in [0.2, 0.25) is 5.91 Å². The molecule has 2 amide bonds. The number of carbonyl (C=O) groups is 2. The van der Waals surface area contributed by atoms with Crippen LogP contribution >= 0.6 is 0 Å². The fourth-order valence-corrected chi connectivity index (χ4v) is 1.87. The van der Waals surface area contributed by atoms with Gasteiger partial charge in [-0.2, -0.15) is 8.78 Å². The van der Waals surface area contributed by atoms with E-state index in [0.29, 0.717) is 6.07 Å². The highest BCUT2D eigenvalue weighted by molar-refractivity contribution is 5.99. The molecule has 5 nitrogen and oxygen atoms in total. The standard InChI is InChI=1S/C16H12F4N2O3/c17-10-5-9(6-11(18)7-10)15(24)21-8-14(23)22-12-1-3-13(4-2-12)25-16(19)20/h1-7,16H,8H2,(H,21,24)(H,22,23). The lowest BCUT2D eigenvalue weighted by Crippen LogP contribution is -2.32. The van der Waals surface area contributed by atoms with Crippen molar-refractivity contribution in [3.63, 3.8) is 0 Å². The molecule has 0 spiro atoms. The first-order valence-corrected chi connectivity index (χ1v) is 6.92. The van der Waals surface area contributed by atoms with Crippen LogP contribution in [0.4, 0.5) is 23.2 Å². The van der Waals surface area contributed by atoms with Crippen LogP contribution in [0.2, 0.25) is 0 Å². The molecule has 0 aliphatic carbocycles. The zero-order chi connectivity index (χ0) is 18.4. The number of nitrogens with one attached hydrogen (secondary N) is 2. The summed E-state index contributed by atoms with van der Waals surface area (Å²) in [5.74, 6) is -3.35. The summed E-state index contributed by atoms with van der Waals surface area (Å²) in [6.45, 7) is -3.41. The maximum Gasteiger partial charge on any atom is 0.387 e. The molecule has 0 saturated heterocycles. The normalized spacial score (nSPS) is 10.4. The van der Waals surface area contributed by atoms with Gasteiger partial charge < -0.3 is 15.4 Å². The number of halogens is 4. The van der Waals surface area contributed by atoms with E-state index in [2.05, 4.69) is 15.4 Å². The Morgan fingerprint density at radius 2 is 1.60 bits per heavy atom. The summed E-state index contributed by atoms with van der Waals surface area (Å²) in [7, 11) is 0. The Hall–Kier alpha value is -3.10. The molecule has 0 atom stereocenters. The fourth-order valence-electron chi connectivity index (χ4n) is 1.87. The number of ether oxygens (including phenoxy) is 1. The lowest BCUT2D eigenvalue weighted by atomic mass is 10.2. The van der Waals surface area contributed by atoms with Crippen molar-refractivity contribution in [3.8, 4) is 5.75 Å². The number of anilines is 1. The predicted octanol–water partition coefficient (Wildman–Crippen LogP) is 2.93. The SMILES string of the molecule is O=C(CNC(=O)c1cc(F)cc(F)c1)Nc1ccc(OC(F)F)cc1. The van der Waals surface area contributed by atoms with E-state index >= 15 is 0 Å². The minimum atomic E-state index is -2.96. The second kappa shape index (κ2) is 8.13. The van der Waals surface area contributed by atoms with Crippen LogP contribution in [0.5, 0.6) is 5.75 Å². The van der Waals surface area contributed by atoms with Crippen molar-refractivity contribution in [3.05, 3.63) is 59.7 Å². The molecule has 0 unspecified atom stereocenters. The van der Waals surface area contributed by atoms with Crippen molar-refractivity contribution in [1.29, 1.82) is 0 Å². The molecule has 2 N–H and O–H groups in total. The smallest absolute Gasteiger partial charge is 0.387 e. The van der Waals surface area contributed by atoms with E-state index in [1.54, 1.807) is 0 Å². The number of carbonyl (C=O) groups excluding carboxylic acids is 2. The van der Waals surface area contributed by atoms with Gasteiger partial charge in [-0.05, 0) is 36.4 Å². The van der Waals surface area contributed by atoms with Gasteiger partial charge >= 0.3 is 6.61 Å². The average Bonchev–Trinajstić information content (AvgIpc) is 2.53. The molecule has 2 aromatic carbocycles. The highest BCUT2D eigenvalue weighted by Gasteiger charge is 2.11. The molecule has 2 rings (SSSR count). The summed E-state index contributed by atoms with van der Waals surface area (Å²) in [5, 5.41) is 4.61. The largest absolute Gasteiger partial charge is 0.435 e. The van der Waals surface area contributed by atoms with E-state index < -0.39 is 36.6 Å². The van der Waals surface area contributed by atoms with Gasteiger partial charge in [0.25, 0.3) is 5.91 Å². The molecule has 132 valence electrons. The van der Waals surface area contributed by atoms with Crippen LogP contribution in [0.1, 0.15) is 10.4 Å². The molecular formula is C16H12F4N2O3. The summed E-state index contributed by atoms with van der Waals surface area (Å²) in [5.41, 5.74) is 0.0245. The van der Waals surface area contributed by atoms with Gasteiger partial charge in [-0.3, -0.25) is 9.59 Å². The topological polar surface area (TPSA) is 67.4 Å². The van der Waals surface area contributed by atoms with Crippen molar-refractivity contribution in [2.24, 2.45) is 0 Å². The molecule has 0 radical (unpaired) electrons. The number of alkyl halides is 2. The molecule has 25 heavy (non-hydrogen) atoms. The highest BCUT2D eigenvalue weighted by Crippen LogP contribution is 2.17. The van der Waals surface area contributed by atoms with Crippen LogP contribution in [0, 0.1) is 11.6 Å². The second-order valence-corrected chi connectivity index (χ2v) is 4.79. The number of benzene rings is 2. The minimum absolute atomic E-state index is 0.0746. The molecule has 2 aromatic rings. The van der Waals surface area contributed by atoms with Gasteiger partial charge in [0.1, 0.15) is 17.4 Å². The van der Waals surface area contributed by atoms with E-state index in [1.807, 2.05) is 0 Å². The van der Waals surface area contributed by atoms with Crippen molar-refractivity contribution in [1.82, 2.24) is 5.32 Å².